The fourth-order valence-corrected chi connectivity index (χ4v) is 1.80. The Balaban J connectivity index is 2.11. The first kappa shape index (κ1) is 10.4. The molecule has 5 nitrogen and oxygen atoms in total. The lowest BCUT2D eigenvalue weighted by molar-refractivity contribution is 0.898. The zero-order chi connectivity index (χ0) is 11.8. The Hall–Kier alpha value is -1.75. The highest BCUT2D eigenvalue weighted by molar-refractivity contribution is 6.32. The third-order valence-corrected chi connectivity index (χ3v) is 2.89. The van der Waals surface area contributed by atoms with E-state index >= 15 is 0 Å². The van der Waals surface area contributed by atoms with Crippen LogP contribution in [0.5, 0.6) is 0 Å². The largest absolute Gasteiger partial charge is 0.368 e. The molecule has 0 bridgehead atoms. The molecule has 86 valence electrons. The second kappa shape index (κ2) is 3.92. The van der Waals surface area contributed by atoms with Crippen LogP contribution < -0.4 is 5.73 Å². The second-order valence-corrected chi connectivity index (χ2v) is 4.39. The topological polar surface area (TPSA) is 77.6 Å². The molecule has 0 saturated heterocycles. The Morgan fingerprint density at radius 2 is 2.06 bits per heavy atom. The van der Waals surface area contributed by atoms with E-state index in [1.807, 2.05) is 0 Å². The molecule has 2 aromatic heterocycles. The van der Waals surface area contributed by atoms with Gasteiger partial charge in [-0.25, -0.2) is 4.98 Å². The number of nitrogens with zero attached hydrogens (tertiary/aromatic N) is 4. The molecule has 3 rings (SSSR count). The molecule has 0 unspecified atom stereocenters. The van der Waals surface area contributed by atoms with E-state index in [-0.39, 0.29) is 5.95 Å². The van der Waals surface area contributed by atoms with Gasteiger partial charge >= 0.3 is 0 Å². The predicted molar refractivity (Wildman–Crippen MR) is 64.5 cm³/mol. The van der Waals surface area contributed by atoms with E-state index in [4.69, 9.17) is 17.3 Å². The van der Waals surface area contributed by atoms with Crippen LogP contribution in [0, 0.1) is 0 Å². The first-order chi connectivity index (χ1) is 8.24. The summed E-state index contributed by atoms with van der Waals surface area (Å²) in [5, 5.41) is 0.514. The van der Waals surface area contributed by atoms with Crippen molar-refractivity contribution >= 4 is 17.5 Å². The van der Waals surface area contributed by atoms with Crippen LogP contribution in [-0.2, 0) is 0 Å². The summed E-state index contributed by atoms with van der Waals surface area (Å²) in [6.07, 6.45) is 3.87. The Morgan fingerprint density at radius 3 is 2.76 bits per heavy atom. The molecule has 0 aromatic carbocycles. The Labute approximate surface area is 103 Å². The maximum absolute atomic E-state index is 6.05. The van der Waals surface area contributed by atoms with Crippen LogP contribution in [0.2, 0.25) is 5.02 Å². The van der Waals surface area contributed by atoms with E-state index in [9.17, 15) is 0 Å². The summed E-state index contributed by atoms with van der Waals surface area (Å²) in [5.74, 6) is 1.83. The molecule has 6 heteroatoms. The highest BCUT2D eigenvalue weighted by Crippen LogP contribution is 2.38. The SMILES string of the molecule is Nc1nc(-c2ncccc2Cl)nc(C2CC2)n1. The molecule has 2 N–H and O–H groups in total. The van der Waals surface area contributed by atoms with Gasteiger partial charge < -0.3 is 5.73 Å². The van der Waals surface area contributed by atoms with Crippen LogP contribution in [0.1, 0.15) is 24.6 Å². The van der Waals surface area contributed by atoms with Crippen LogP contribution >= 0.6 is 11.6 Å². The number of nitrogens with two attached hydrogens (primary N) is 1. The van der Waals surface area contributed by atoms with Crippen molar-refractivity contribution < 1.29 is 0 Å². The average molecular weight is 248 g/mol. The van der Waals surface area contributed by atoms with Crippen molar-refractivity contribution in [3.05, 3.63) is 29.2 Å². The number of nitrogen functional groups attached to an aromatic ring is 1. The molecule has 1 aliphatic carbocycles. The van der Waals surface area contributed by atoms with Crippen molar-refractivity contribution in [2.75, 3.05) is 5.73 Å². The number of aromatic nitrogens is 4. The molecule has 0 spiro atoms. The van der Waals surface area contributed by atoms with Gasteiger partial charge in [-0.1, -0.05) is 11.6 Å². The zero-order valence-corrected chi connectivity index (χ0v) is 9.72. The van der Waals surface area contributed by atoms with Crippen molar-refractivity contribution in [2.24, 2.45) is 0 Å². The van der Waals surface area contributed by atoms with Gasteiger partial charge in [-0.15, -0.1) is 0 Å². The maximum Gasteiger partial charge on any atom is 0.223 e. The highest BCUT2D eigenvalue weighted by Gasteiger charge is 2.28. The van der Waals surface area contributed by atoms with Crippen molar-refractivity contribution in [2.45, 2.75) is 18.8 Å². The minimum Gasteiger partial charge on any atom is -0.368 e. The van der Waals surface area contributed by atoms with Crippen LogP contribution in [0.25, 0.3) is 11.5 Å². The minimum atomic E-state index is 0.221. The van der Waals surface area contributed by atoms with Crippen LogP contribution in [0.4, 0.5) is 5.95 Å². The Bertz CT molecular complexity index is 568. The fraction of sp³-hybridized carbons (Fsp3) is 0.273. The van der Waals surface area contributed by atoms with Gasteiger partial charge in [-0.2, -0.15) is 9.97 Å². The Kier molecular flexibility index (Phi) is 2.40. The van der Waals surface area contributed by atoms with E-state index in [2.05, 4.69) is 19.9 Å². The normalized spacial score (nSPS) is 14.9. The smallest absolute Gasteiger partial charge is 0.223 e. The van der Waals surface area contributed by atoms with Crippen molar-refractivity contribution in [1.82, 2.24) is 19.9 Å². The number of hydrogen-bond acceptors (Lipinski definition) is 5. The minimum absolute atomic E-state index is 0.221. The molecule has 1 saturated carbocycles. The quantitative estimate of drug-likeness (QED) is 0.879. The third kappa shape index (κ3) is 2.06. The Morgan fingerprint density at radius 1 is 1.24 bits per heavy atom. The summed E-state index contributed by atoms with van der Waals surface area (Å²) in [4.78, 5) is 16.8. The van der Waals surface area contributed by atoms with E-state index in [0.717, 1.165) is 18.7 Å². The molecular weight excluding hydrogens is 238 g/mol. The molecule has 0 amide bonds. The van der Waals surface area contributed by atoms with Crippen molar-refractivity contribution in [3.8, 4) is 11.5 Å². The number of pyridine rings is 1. The molecule has 1 aliphatic rings. The van der Waals surface area contributed by atoms with E-state index < -0.39 is 0 Å². The van der Waals surface area contributed by atoms with E-state index in [1.54, 1.807) is 18.3 Å². The lowest BCUT2D eigenvalue weighted by atomic mass is 10.3. The van der Waals surface area contributed by atoms with Gasteiger partial charge in [-0.3, -0.25) is 4.98 Å². The van der Waals surface area contributed by atoms with Gasteiger partial charge in [0.2, 0.25) is 5.95 Å². The number of halogens is 1. The number of hydrogen-bond donors (Lipinski definition) is 1. The van der Waals surface area contributed by atoms with Gasteiger partial charge in [0.15, 0.2) is 5.82 Å². The fourth-order valence-electron chi connectivity index (χ4n) is 1.59. The molecule has 2 heterocycles. The van der Waals surface area contributed by atoms with Gasteiger partial charge in [0.05, 0.1) is 5.02 Å². The van der Waals surface area contributed by atoms with Crippen molar-refractivity contribution in [3.63, 3.8) is 0 Å². The van der Waals surface area contributed by atoms with Gasteiger partial charge in [0, 0.05) is 12.1 Å². The number of rotatable bonds is 2. The summed E-state index contributed by atoms with van der Waals surface area (Å²) in [6.45, 7) is 0. The average Bonchev–Trinajstić information content (AvgIpc) is 3.12. The van der Waals surface area contributed by atoms with Crippen LogP contribution in [0.3, 0.4) is 0 Å². The van der Waals surface area contributed by atoms with Crippen molar-refractivity contribution in [1.29, 1.82) is 0 Å². The summed E-state index contributed by atoms with van der Waals surface area (Å²) >= 11 is 6.05. The highest BCUT2D eigenvalue weighted by atomic mass is 35.5. The molecule has 0 radical (unpaired) electrons. The number of anilines is 1. The summed E-state index contributed by atoms with van der Waals surface area (Å²) in [7, 11) is 0. The first-order valence-electron chi connectivity index (χ1n) is 5.36. The molecule has 1 fully saturated rings. The maximum atomic E-state index is 6.05. The van der Waals surface area contributed by atoms with Crippen LogP contribution in [0.15, 0.2) is 18.3 Å². The predicted octanol–water partition coefficient (Wildman–Crippen LogP) is 2.05. The van der Waals surface area contributed by atoms with Gasteiger partial charge in [-0.05, 0) is 25.0 Å². The standard InChI is InChI=1S/C11H10ClN5/c12-7-2-1-5-14-8(7)10-15-9(6-3-4-6)16-11(13)17-10/h1-2,5-6H,3-4H2,(H2,13,15,16,17). The molecule has 0 atom stereocenters. The molecule has 0 aliphatic heterocycles. The van der Waals surface area contributed by atoms with Gasteiger partial charge in [0.1, 0.15) is 11.5 Å². The molecular formula is C11H10ClN5. The van der Waals surface area contributed by atoms with E-state index in [1.165, 1.54) is 0 Å². The lowest BCUT2D eigenvalue weighted by Crippen LogP contribution is -2.05. The van der Waals surface area contributed by atoms with Gasteiger partial charge in [0.25, 0.3) is 0 Å². The molecule has 2 aromatic rings. The van der Waals surface area contributed by atoms with Crippen LogP contribution in [-0.4, -0.2) is 19.9 Å². The first-order valence-corrected chi connectivity index (χ1v) is 5.74. The zero-order valence-electron chi connectivity index (χ0n) is 8.97. The summed E-state index contributed by atoms with van der Waals surface area (Å²) in [6, 6.07) is 3.51. The lowest BCUT2D eigenvalue weighted by Gasteiger charge is -2.04. The monoisotopic (exact) mass is 247 g/mol. The third-order valence-electron chi connectivity index (χ3n) is 2.58. The van der Waals surface area contributed by atoms with E-state index in [0.29, 0.717) is 22.5 Å². The summed E-state index contributed by atoms with van der Waals surface area (Å²) in [5.41, 5.74) is 6.23. The molecule has 17 heavy (non-hydrogen) atoms. The summed E-state index contributed by atoms with van der Waals surface area (Å²) < 4.78 is 0. The second-order valence-electron chi connectivity index (χ2n) is 3.98.